The average molecular weight is 335 g/mol. The van der Waals surface area contributed by atoms with E-state index < -0.39 is 11.6 Å². The van der Waals surface area contributed by atoms with Crippen LogP contribution in [0.25, 0.3) is 0 Å². The van der Waals surface area contributed by atoms with Crippen LogP contribution in [0.15, 0.2) is 24.3 Å². The maximum atomic E-state index is 12.0. The second-order valence-electron chi connectivity index (χ2n) is 6.45. The summed E-state index contributed by atoms with van der Waals surface area (Å²) in [6.45, 7) is 6.68. The maximum absolute atomic E-state index is 12.0. The number of ether oxygens (including phenoxy) is 2. The third-order valence-electron chi connectivity index (χ3n) is 4.11. The van der Waals surface area contributed by atoms with Crippen molar-refractivity contribution in [3.8, 4) is 5.75 Å². The van der Waals surface area contributed by atoms with Crippen molar-refractivity contribution in [3.63, 3.8) is 0 Å². The molecule has 1 aromatic rings. The van der Waals surface area contributed by atoms with E-state index in [1.807, 2.05) is 25.1 Å². The molecule has 1 aromatic carbocycles. The summed E-state index contributed by atoms with van der Waals surface area (Å²) in [5, 5.41) is 9.18. The fourth-order valence-corrected chi connectivity index (χ4v) is 2.75. The normalized spacial score (nSPS) is 18.1. The predicted molar refractivity (Wildman–Crippen MR) is 90.4 cm³/mol. The highest BCUT2D eigenvalue weighted by Gasteiger charge is 2.30. The molecule has 1 heterocycles. The quantitative estimate of drug-likeness (QED) is 0.806. The molecule has 0 aliphatic carbocycles. The number of rotatable bonds is 6. The Hall–Kier alpha value is -2.24. The summed E-state index contributed by atoms with van der Waals surface area (Å²) < 4.78 is 10.7. The summed E-state index contributed by atoms with van der Waals surface area (Å²) in [5.41, 5.74) is -0.378. The Kier molecular flexibility index (Phi) is 5.70. The summed E-state index contributed by atoms with van der Waals surface area (Å²) in [6, 6.07) is 7.32. The molecule has 132 valence electrons. The van der Waals surface area contributed by atoms with Crippen LogP contribution in [-0.2, 0) is 14.3 Å². The number of piperidine rings is 1. The van der Waals surface area contributed by atoms with Crippen molar-refractivity contribution in [2.75, 3.05) is 24.6 Å². The van der Waals surface area contributed by atoms with E-state index >= 15 is 0 Å². The molecule has 1 aliphatic heterocycles. The molecule has 0 spiro atoms. The Labute approximate surface area is 142 Å². The minimum Gasteiger partial charge on any atom is -0.478 e. The van der Waals surface area contributed by atoms with Crippen LogP contribution in [0.4, 0.5) is 5.69 Å². The summed E-state index contributed by atoms with van der Waals surface area (Å²) >= 11 is 0. The number of carboxylic acid groups (broad SMARTS) is 1. The molecular weight excluding hydrogens is 310 g/mol. The molecule has 0 amide bonds. The molecule has 6 nitrogen and oxygen atoms in total. The molecule has 0 radical (unpaired) electrons. The van der Waals surface area contributed by atoms with Crippen molar-refractivity contribution in [1.29, 1.82) is 0 Å². The molecule has 2 rings (SSSR count). The molecule has 1 aliphatic rings. The Morgan fingerprint density at radius 1 is 1.38 bits per heavy atom. The highest BCUT2D eigenvalue weighted by Crippen LogP contribution is 2.28. The van der Waals surface area contributed by atoms with Crippen molar-refractivity contribution < 1.29 is 24.2 Å². The number of esters is 1. The lowest BCUT2D eigenvalue weighted by Gasteiger charge is -2.33. The zero-order valence-corrected chi connectivity index (χ0v) is 14.4. The molecule has 0 unspecified atom stereocenters. The lowest BCUT2D eigenvalue weighted by molar-refractivity contribution is -0.152. The number of benzene rings is 1. The Bertz CT molecular complexity index is 599. The highest BCUT2D eigenvalue weighted by atomic mass is 16.5. The van der Waals surface area contributed by atoms with Gasteiger partial charge in [-0.25, -0.2) is 4.79 Å². The third kappa shape index (κ3) is 4.40. The van der Waals surface area contributed by atoms with Gasteiger partial charge in [-0.3, -0.25) is 4.79 Å². The van der Waals surface area contributed by atoms with E-state index in [1.54, 1.807) is 6.07 Å². The van der Waals surface area contributed by atoms with Crippen molar-refractivity contribution >= 4 is 17.6 Å². The van der Waals surface area contributed by atoms with E-state index in [0.29, 0.717) is 18.9 Å². The number of hydrogen-bond acceptors (Lipinski definition) is 5. The van der Waals surface area contributed by atoms with Crippen LogP contribution in [-0.4, -0.2) is 42.3 Å². The second kappa shape index (κ2) is 7.55. The van der Waals surface area contributed by atoms with E-state index in [2.05, 4.69) is 4.90 Å². The van der Waals surface area contributed by atoms with Gasteiger partial charge in [0.25, 0.3) is 0 Å². The van der Waals surface area contributed by atoms with Gasteiger partial charge in [-0.05, 0) is 45.7 Å². The van der Waals surface area contributed by atoms with Gasteiger partial charge in [0.05, 0.1) is 12.5 Å². The molecule has 1 saturated heterocycles. The van der Waals surface area contributed by atoms with Crippen LogP contribution in [0.1, 0.15) is 33.6 Å². The Morgan fingerprint density at radius 3 is 2.79 bits per heavy atom. The topological polar surface area (TPSA) is 76.1 Å². The van der Waals surface area contributed by atoms with Crippen LogP contribution in [0, 0.1) is 5.92 Å². The molecule has 0 aromatic heterocycles. The van der Waals surface area contributed by atoms with Gasteiger partial charge in [0.2, 0.25) is 0 Å². The number of anilines is 1. The first-order chi connectivity index (χ1) is 11.3. The number of nitrogens with zero attached hydrogens (tertiary/aromatic N) is 1. The molecular formula is C18H25NO5. The van der Waals surface area contributed by atoms with E-state index in [-0.39, 0.29) is 11.9 Å². The summed E-state index contributed by atoms with van der Waals surface area (Å²) in [4.78, 5) is 25.3. The molecule has 1 atom stereocenters. The standard InChI is InChI=1S/C18H25NO5/c1-4-23-16(20)13-7-6-10-19(12-13)14-8-5-9-15(11-14)24-18(2,3)17(21)22/h5,8-9,11,13H,4,6-7,10,12H2,1-3H3,(H,21,22)/t13-/m1/s1. The summed E-state index contributed by atoms with van der Waals surface area (Å²) in [7, 11) is 0. The van der Waals surface area contributed by atoms with Crippen molar-refractivity contribution in [3.05, 3.63) is 24.3 Å². The van der Waals surface area contributed by atoms with E-state index in [1.165, 1.54) is 13.8 Å². The van der Waals surface area contributed by atoms with Gasteiger partial charge < -0.3 is 19.5 Å². The number of aliphatic carboxylic acids is 1. The van der Waals surface area contributed by atoms with Gasteiger partial charge in [-0.1, -0.05) is 6.07 Å². The first-order valence-electron chi connectivity index (χ1n) is 8.27. The third-order valence-corrected chi connectivity index (χ3v) is 4.11. The lowest BCUT2D eigenvalue weighted by atomic mass is 9.97. The zero-order chi connectivity index (χ0) is 17.7. The number of hydrogen-bond donors (Lipinski definition) is 1. The van der Waals surface area contributed by atoms with Crippen molar-refractivity contribution in [2.45, 2.75) is 39.2 Å². The molecule has 6 heteroatoms. The Balaban J connectivity index is 2.10. The van der Waals surface area contributed by atoms with Crippen molar-refractivity contribution in [1.82, 2.24) is 0 Å². The largest absolute Gasteiger partial charge is 0.478 e. The van der Waals surface area contributed by atoms with Gasteiger partial charge in [0, 0.05) is 24.8 Å². The monoisotopic (exact) mass is 335 g/mol. The molecule has 0 bridgehead atoms. The van der Waals surface area contributed by atoms with Gasteiger partial charge in [0.1, 0.15) is 5.75 Å². The fourth-order valence-electron chi connectivity index (χ4n) is 2.75. The fraction of sp³-hybridized carbons (Fsp3) is 0.556. The van der Waals surface area contributed by atoms with E-state index in [9.17, 15) is 14.7 Å². The van der Waals surface area contributed by atoms with Gasteiger partial charge in [-0.2, -0.15) is 0 Å². The number of carbonyl (C=O) groups is 2. The highest BCUT2D eigenvalue weighted by molar-refractivity contribution is 5.77. The number of carbonyl (C=O) groups excluding carboxylic acids is 1. The summed E-state index contributed by atoms with van der Waals surface area (Å²) in [5.74, 6) is -0.799. The summed E-state index contributed by atoms with van der Waals surface area (Å²) in [6.07, 6.45) is 1.74. The second-order valence-corrected chi connectivity index (χ2v) is 6.45. The Morgan fingerprint density at radius 2 is 2.12 bits per heavy atom. The van der Waals surface area contributed by atoms with Crippen LogP contribution >= 0.6 is 0 Å². The van der Waals surface area contributed by atoms with E-state index in [0.717, 1.165) is 25.1 Å². The van der Waals surface area contributed by atoms with Crippen LogP contribution in [0.2, 0.25) is 0 Å². The lowest BCUT2D eigenvalue weighted by Crippen LogP contribution is -2.39. The van der Waals surface area contributed by atoms with Crippen LogP contribution < -0.4 is 9.64 Å². The molecule has 0 saturated carbocycles. The molecule has 24 heavy (non-hydrogen) atoms. The first kappa shape index (κ1) is 18.1. The minimum absolute atomic E-state index is 0.126. The molecule has 1 N–H and O–H groups in total. The molecule has 1 fully saturated rings. The first-order valence-corrected chi connectivity index (χ1v) is 8.27. The van der Waals surface area contributed by atoms with Crippen LogP contribution in [0.5, 0.6) is 5.75 Å². The minimum atomic E-state index is -1.30. The predicted octanol–water partition coefficient (Wildman–Crippen LogP) is 2.71. The van der Waals surface area contributed by atoms with Gasteiger partial charge >= 0.3 is 11.9 Å². The smallest absolute Gasteiger partial charge is 0.347 e. The van der Waals surface area contributed by atoms with Gasteiger partial charge in [-0.15, -0.1) is 0 Å². The van der Waals surface area contributed by atoms with E-state index in [4.69, 9.17) is 9.47 Å². The van der Waals surface area contributed by atoms with Crippen LogP contribution in [0.3, 0.4) is 0 Å². The SMILES string of the molecule is CCOC(=O)[C@@H]1CCCN(c2cccc(OC(C)(C)C(=O)O)c2)C1. The van der Waals surface area contributed by atoms with Gasteiger partial charge in [0.15, 0.2) is 5.60 Å². The number of carboxylic acids is 1. The zero-order valence-electron chi connectivity index (χ0n) is 14.4. The average Bonchev–Trinajstić information content (AvgIpc) is 2.55. The van der Waals surface area contributed by atoms with Crippen molar-refractivity contribution in [2.24, 2.45) is 5.92 Å². The maximum Gasteiger partial charge on any atom is 0.347 e.